The molecule has 8 nitrogen and oxygen atoms in total. The molecule has 0 radical (unpaired) electrons. The molecule has 0 aromatic heterocycles. The fourth-order valence-corrected chi connectivity index (χ4v) is 8.50. The fraction of sp³-hybridized carbons (Fsp3) is 0.400. The van der Waals surface area contributed by atoms with Crippen molar-refractivity contribution < 1.29 is 23.9 Å². The van der Waals surface area contributed by atoms with Gasteiger partial charge in [-0.05, 0) is 66.5 Å². The third-order valence-electron chi connectivity index (χ3n) is 10.7. The lowest BCUT2D eigenvalue weighted by atomic mass is 9.82. The van der Waals surface area contributed by atoms with Gasteiger partial charge in [0, 0.05) is 29.6 Å². The summed E-state index contributed by atoms with van der Waals surface area (Å²) in [6, 6.07) is 36.0. The van der Waals surface area contributed by atoms with E-state index < -0.39 is 0 Å². The molecule has 280 valence electrons. The van der Waals surface area contributed by atoms with E-state index >= 15 is 0 Å². The van der Waals surface area contributed by atoms with E-state index in [1.807, 2.05) is 95.9 Å². The minimum absolute atomic E-state index is 0. The molecular formula is C45H55N3O5. The number of para-hydroxylation sites is 2. The highest BCUT2D eigenvalue weighted by Crippen LogP contribution is 2.48. The van der Waals surface area contributed by atoms with E-state index in [0.29, 0.717) is 35.9 Å². The number of rotatable bonds is 6. The molecule has 5 unspecified atom stereocenters. The van der Waals surface area contributed by atoms with Crippen molar-refractivity contribution in [2.75, 3.05) is 9.80 Å². The van der Waals surface area contributed by atoms with Crippen LogP contribution < -0.4 is 15.1 Å². The van der Waals surface area contributed by atoms with Crippen LogP contribution in [-0.4, -0.2) is 36.1 Å². The number of amides is 2. The van der Waals surface area contributed by atoms with E-state index in [0.717, 1.165) is 55.3 Å². The highest BCUT2D eigenvalue weighted by atomic mass is 16.6. The molecule has 0 spiro atoms. The van der Waals surface area contributed by atoms with Crippen molar-refractivity contribution in [2.45, 2.75) is 105 Å². The summed E-state index contributed by atoms with van der Waals surface area (Å²) in [5.41, 5.74) is 5.50. The van der Waals surface area contributed by atoms with Crippen LogP contribution in [0, 0.1) is 11.8 Å². The topological polar surface area (TPSA) is 88.2 Å². The van der Waals surface area contributed by atoms with Crippen molar-refractivity contribution in [1.29, 1.82) is 0 Å². The SMILES string of the molecule is C.C.CC(C)NC1c2ccccc2N(C(=O)OCc2ccccc2)C2CCCC12.O=C1c2ccccc2N(C(=O)OCc2ccccc2)C2CCCC12. The molecule has 4 aliphatic rings. The first-order valence-corrected chi connectivity index (χ1v) is 18.4. The second-order valence-corrected chi connectivity index (χ2v) is 14.3. The molecule has 0 saturated heterocycles. The zero-order valence-corrected chi connectivity index (χ0v) is 29.4. The monoisotopic (exact) mass is 717 g/mol. The van der Waals surface area contributed by atoms with Crippen LogP contribution >= 0.6 is 0 Å². The Balaban J connectivity index is 0.000000198. The highest BCUT2D eigenvalue weighted by molar-refractivity contribution is 6.09. The normalized spacial score (nSPS) is 22.1. The molecule has 2 aliphatic carbocycles. The summed E-state index contributed by atoms with van der Waals surface area (Å²) in [4.78, 5) is 42.2. The lowest BCUT2D eigenvalue weighted by Gasteiger charge is -2.44. The van der Waals surface area contributed by atoms with E-state index in [4.69, 9.17) is 9.47 Å². The molecular weight excluding hydrogens is 663 g/mol. The van der Waals surface area contributed by atoms with Gasteiger partial charge in [0.15, 0.2) is 5.78 Å². The van der Waals surface area contributed by atoms with Crippen LogP contribution in [0.4, 0.5) is 21.0 Å². The van der Waals surface area contributed by atoms with Gasteiger partial charge in [0.1, 0.15) is 13.2 Å². The first-order valence-electron chi connectivity index (χ1n) is 18.4. The molecule has 8 heteroatoms. The molecule has 4 aromatic carbocycles. The van der Waals surface area contributed by atoms with Gasteiger partial charge in [-0.25, -0.2) is 9.59 Å². The molecule has 8 rings (SSSR count). The standard InChI is InChI=1S/C23H28N2O2.C20H19NO3.2CH4/c1-16(2)24-22-18-11-6-7-13-20(18)25(21-14-8-12-19(21)22)23(26)27-15-17-9-4-3-5-10-17;22-19-15-9-4-5-11-17(15)21(18-12-6-10-16(18)19)20(23)24-13-14-7-2-1-3-8-14;;/h3-7,9-11,13,16,19,21-22,24H,8,12,14-15H2,1-2H3;1-5,7-9,11,16,18H,6,10,12-13H2;2*1H4. The lowest BCUT2D eigenvalue weighted by molar-refractivity contribution is 0.0895. The maximum Gasteiger partial charge on any atom is 0.414 e. The van der Waals surface area contributed by atoms with Gasteiger partial charge >= 0.3 is 12.2 Å². The van der Waals surface area contributed by atoms with Crippen molar-refractivity contribution in [3.63, 3.8) is 0 Å². The van der Waals surface area contributed by atoms with Gasteiger partial charge in [0.2, 0.25) is 0 Å². The summed E-state index contributed by atoms with van der Waals surface area (Å²) in [6.45, 7) is 4.92. The van der Waals surface area contributed by atoms with E-state index in [-0.39, 0.29) is 57.4 Å². The fourth-order valence-electron chi connectivity index (χ4n) is 8.50. The molecule has 1 N–H and O–H groups in total. The smallest absolute Gasteiger partial charge is 0.414 e. The van der Waals surface area contributed by atoms with Crippen LogP contribution in [0.15, 0.2) is 109 Å². The van der Waals surface area contributed by atoms with E-state index in [1.165, 1.54) is 5.56 Å². The number of benzene rings is 4. The summed E-state index contributed by atoms with van der Waals surface area (Å²) in [7, 11) is 0. The number of Topliss-reactive ketones (excluding diaryl/α,β-unsaturated/α-hetero) is 1. The van der Waals surface area contributed by atoms with Gasteiger partial charge in [-0.1, -0.05) is 133 Å². The Bertz CT molecular complexity index is 1830. The van der Waals surface area contributed by atoms with Crippen LogP contribution in [0.2, 0.25) is 0 Å². The van der Waals surface area contributed by atoms with Gasteiger partial charge in [-0.3, -0.25) is 14.6 Å². The maximum atomic E-state index is 13.1. The van der Waals surface area contributed by atoms with Gasteiger partial charge in [0.05, 0.1) is 17.4 Å². The number of ketones is 1. The quantitative estimate of drug-likeness (QED) is 0.214. The molecule has 2 amide bonds. The Morgan fingerprint density at radius 2 is 1.17 bits per heavy atom. The van der Waals surface area contributed by atoms with Gasteiger partial charge in [-0.15, -0.1) is 0 Å². The number of hydrogen-bond donors (Lipinski definition) is 1. The number of fused-ring (bicyclic) bond motifs is 4. The Morgan fingerprint density at radius 3 is 1.79 bits per heavy atom. The molecule has 53 heavy (non-hydrogen) atoms. The number of nitrogens with one attached hydrogen (secondary N) is 1. The van der Waals surface area contributed by atoms with Crippen molar-refractivity contribution in [2.24, 2.45) is 11.8 Å². The summed E-state index contributed by atoms with van der Waals surface area (Å²) in [5, 5.41) is 3.75. The predicted molar refractivity (Wildman–Crippen MR) is 212 cm³/mol. The number of nitrogens with zero attached hydrogens (tertiary/aromatic N) is 2. The molecule has 4 aromatic rings. The second kappa shape index (κ2) is 17.7. The van der Waals surface area contributed by atoms with Crippen LogP contribution in [0.5, 0.6) is 0 Å². The van der Waals surface area contributed by atoms with Crippen molar-refractivity contribution >= 4 is 29.3 Å². The van der Waals surface area contributed by atoms with Crippen LogP contribution in [0.25, 0.3) is 0 Å². The van der Waals surface area contributed by atoms with Gasteiger partial charge < -0.3 is 14.8 Å². The maximum absolute atomic E-state index is 13.1. The minimum Gasteiger partial charge on any atom is -0.444 e. The summed E-state index contributed by atoms with van der Waals surface area (Å²) >= 11 is 0. The largest absolute Gasteiger partial charge is 0.444 e. The zero-order valence-electron chi connectivity index (χ0n) is 29.4. The Labute approximate surface area is 315 Å². The minimum atomic E-state index is -0.365. The lowest BCUT2D eigenvalue weighted by Crippen LogP contribution is -2.51. The van der Waals surface area contributed by atoms with Crippen molar-refractivity contribution in [3.8, 4) is 0 Å². The average Bonchev–Trinajstić information content (AvgIpc) is 3.85. The summed E-state index contributed by atoms with van der Waals surface area (Å²) in [6.07, 6.45) is 5.41. The number of carbonyl (C=O) groups is 3. The summed E-state index contributed by atoms with van der Waals surface area (Å²) in [5.74, 6) is 0.510. The first-order chi connectivity index (χ1) is 24.9. The zero-order chi connectivity index (χ0) is 35.3. The predicted octanol–water partition coefficient (Wildman–Crippen LogP) is 10.5. The van der Waals surface area contributed by atoms with Crippen molar-refractivity contribution in [1.82, 2.24) is 5.32 Å². The van der Waals surface area contributed by atoms with Gasteiger partial charge in [0.25, 0.3) is 0 Å². The van der Waals surface area contributed by atoms with Crippen LogP contribution in [0.3, 0.4) is 0 Å². The third kappa shape index (κ3) is 8.33. The molecule has 0 bridgehead atoms. The molecule has 5 atom stereocenters. The number of carbonyl (C=O) groups excluding carboxylic acids is 3. The Kier molecular flexibility index (Phi) is 13.1. The molecule has 2 fully saturated rings. The second-order valence-electron chi connectivity index (χ2n) is 14.3. The van der Waals surface area contributed by atoms with E-state index in [9.17, 15) is 14.4 Å². The van der Waals surface area contributed by atoms with E-state index in [1.54, 1.807) is 4.90 Å². The molecule has 2 saturated carbocycles. The van der Waals surface area contributed by atoms with Crippen LogP contribution in [0.1, 0.15) is 100 Å². The first kappa shape index (κ1) is 39.3. The van der Waals surface area contributed by atoms with Crippen LogP contribution in [-0.2, 0) is 22.7 Å². The highest BCUT2D eigenvalue weighted by Gasteiger charge is 2.47. The molecule has 2 heterocycles. The molecule has 2 aliphatic heterocycles. The van der Waals surface area contributed by atoms with E-state index in [2.05, 4.69) is 37.4 Å². The summed E-state index contributed by atoms with van der Waals surface area (Å²) < 4.78 is 11.3. The number of hydrogen-bond acceptors (Lipinski definition) is 6. The number of ether oxygens (including phenoxy) is 2. The Morgan fingerprint density at radius 1 is 0.660 bits per heavy atom. The number of anilines is 2. The average molecular weight is 718 g/mol. The third-order valence-corrected chi connectivity index (χ3v) is 10.7. The Hall–Kier alpha value is -4.95. The van der Waals surface area contributed by atoms with Gasteiger partial charge in [-0.2, -0.15) is 0 Å². The van der Waals surface area contributed by atoms with Crippen molar-refractivity contribution in [3.05, 3.63) is 131 Å².